The van der Waals surface area contributed by atoms with Crippen molar-refractivity contribution >= 4 is 15.9 Å². The average Bonchev–Trinajstić information content (AvgIpc) is 3.17. The molecule has 2 saturated carbocycles. The molecule has 0 radical (unpaired) electrons. The fourth-order valence-electron chi connectivity index (χ4n) is 2.82. The molecule has 1 unspecified atom stereocenters. The van der Waals surface area contributed by atoms with Gasteiger partial charge in [-0.2, -0.15) is 0 Å². The molecule has 0 amide bonds. The first-order valence-corrected chi connectivity index (χ1v) is 7.78. The van der Waals surface area contributed by atoms with E-state index >= 15 is 0 Å². The van der Waals surface area contributed by atoms with Gasteiger partial charge in [0.1, 0.15) is 0 Å². The molecule has 0 saturated heterocycles. The van der Waals surface area contributed by atoms with Gasteiger partial charge in [0, 0.05) is 29.5 Å². The molecule has 1 heterocycles. The third kappa shape index (κ3) is 3.12. The van der Waals surface area contributed by atoms with Crippen molar-refractivity contribution in [1.29, 1.82) is 0 Å². The molecule has 1 aromatic rings. The number of rotatable bonds is 6. The Morgan fingerprint density at radius 3 is 2.72 bits per heavy atom. The third-order valence-electron chi connectivity index (χ3n) is 4.30. The number of hydrogen-bond donors (Lipinski definition) is 1. The van der Waals surface area contributed by atoms with Crippen LogP contribution in [0, 0.1) is 11.3 Å². The molecule has 0 aliphatic heterocycles. The van der Waals surface area contributed by atoms with Crippen molar-refractivity contribution in [1.82, 2.24) is 10.3 Å². The summed E-state index contributed by atoms with van der Waals surface area (Å²) in [4.78, 5) is 4.29. The lowest BCUT2D eigenvalue weighted by Gasteiger charge is -2.30. The number of pyridine rings is 1. The van der Waals surface area contributed by atoms with Crippen molar-refractivity contribution in [2.24, 2.45) is 11.3 Å². The number of nitrogens with zero attached hydrogens (tertiary/aromatic N) is 1. The summed E-state index contributed by atoms with van der Waals surface area (Å²) in [6.07, 6.45) is 10.6. The monoisotopic (exact) mass is 308 g/mol. The SMILES string of the molecule is CC(CNC1CC1)(Cc1cncc(Br)c1)C1CC1. The molecule has 3 rings (SSSR count). The predicted molar refractivity (Wildman–Crippen MR) is 77.5 cm³/mol. The summed E-state index contributed by atoms with van der Waals surface area (Å²) in [7, 11) is 0. The van der Waals surface area contributed by atoms with Crippen molar-refractivity contribution in [3.8, 4) is 0 Å². The second-order valence-corrected chi connectivity index (χ2v) is 7.19. The lowest BCUT2D eigenvalue weighted by Crippen LogP contribution is -2.36. The first-order valence-electron chi connectivity index (χ1n) is 6.98. The van der Waals surface area contributed by atoms with E-state index in [2.05, 4.69) is 39.2 Å². The Morgan fingerprint density at radius 1 is 1.33 bits per heavy atom. The molecule has 3 heteroatoms. The standard InChI is InChI=1S/C15H21BrN2/c1-15(12-2-3-12,10-18-14-4-5-14)7-11-6-13(16)9-17-8-11/h6,8-9,12,14,18H,2-5,7,10H2,1H3. The van der Waals surface area contributed by atoms with E-state index in [1.165, 1.54) is 31.2 Å². The Bertz CT molecular complexity index is 426. The van der Waals surface area contributed by atoms with Crippen LogP contribution >= 0.6 is 15.9 Å². The molecule has 2 aliphatic rings. The summed E-state index contributed by atoms with van der Waals surface area (Å²) >= 11 is 3.52. The molecule has 98 valence electrons. The average molecular weight is 309 g/mol. The number of hydrogen-bond acceptors (Lipinski definition) is 2. The molecule has 2 fully saturated rings. The van der Waals surface area contributed by atoms with Crippen LogP contribution in [-0.4, -0.2) is 17.6 Å². The van der Waals surface area contributed by atoms with Crippen LogP contribution in [0.25, 0.3) is 0 Å². The van der Waals surface area contributed by atoms with Gasteiger partial charge in [0.15, 0.2) is 0 Å². The lowest BCUT2D eigenvalue weighted by atomic mass is 9.79. The minimum atomic E-state index is 0.408. The first kappa shape index (κ1) is 12.6. The quantitative estimate of drug-likeness (QED) is 0.869. The van der Waals surface area contributed by atoms with Gasteiger partial charge in [-0.15, -0.1) is 0 Å². The zero-order chi connectivity index (χ0) is 12.6. The maximum Gasteiger partial charge on any atom is 0.0410 e. The number of aromatic nitrogens is 1. The van der Waals surface area contributed by atoms with Crippen LogP contribution in [0.3, 0.4) is 0 Å². The van der Waals surface area contributed by atoms with Crippen molar-refractivity contribution < 1.29 is 0 Å². The largest absolute Gasteiger partial charge is 0.313 e. The fourth-order valence-corrected chi connectivity index (χ4v) is 3.23. The van der Waals surface area contributed by atoms with Crippen molar-refractivity contribution in [2.75, 3.05) is 6.54 Å². The van der Waals surface area contributed by atoms with Gasteiger partial charge in [0.25, 0.3) is 0 Å². The van der Waals surface area contributed by atoms with E-state index in [-0.39, 0.29) is 0 Å². The van der Waals surface area contributed by atoms with E-state index in [0.29, 0.717) is 5.41 Å². The summed E-state index contributed by atoms with van der Waals surface area (Å²) in [5, 5.41) is 3.72. The summed E-state index contributed by atoms with van der Waals surface area (Å²) in [6, 6.07) is 3.02. The van der Waals surface area contributed by atoms with Crippen LogP contribution in [0.2, 0.25) is 0 Å². The molecule has 2 aliphatic carbocycles. The highest BCUT2D eigenvalue weighted by atomic mass is 79.9. The number of halogens is 1. The summed E-state index contributed by atoms with van der Waals surface area (Å²) in [5.41, 5.74) is 1.77. The maximum absolute atomic E-state index is 4.29. The van der Waals surface area contributed by atoms with E-state index in [4.69, 9.17) is 0 Å². The highest BCUT2D eigenvalue weighted by Gasteiger charge is 2.42. The third-order valence-corrected chi connectivity index (χ3v) is 4.74. The van der Waals surface area contributed by atoms with Crippen LogP contribution in [0.15, 0.2) is 22.9 Å². The van der Waals surface area contributed by atoms with Crippen molar-refractivity contribution in [3.63, 3.8) is 0 Å². The molecular formula is C15H21BrN2. The molecule has 0 spiro atoms. The van der Waals surface area contributed by atoms with Gasteiger partial charge < -0.3 is 5.32 Å². The molecule has 0 bridgehead atoms. The van der Waals surface area contributed by atoms with Gasteiger partial charge >= 0.3 is 0 Å². The van der Waals surface area contributed by atoms with E-state index in [9.17, 15) is 0 Å². The molecule has 1 N–H and O–H groups in total. The fraction of sp³-hybridized carbons (Fsp3) is 0.667. The number of nitrogens with one attached hydrogen (secondary N) is 1. The summed E-state index contributed by atoms with van der Waals surface area (Å²) in [5.74, 6) is 0.905. The van der Waals surface area contributed by atoms with Crippen LogP contribution in [0.4, 0.5) is 0 Å². The van der Waals surface area contributed by atoms with E-state index in [1.54, 1.807) is 0 Å². The topological polar surface area (TPSA) is 24.9 Å². The second kappa shape index (κ2) is 4.93. The van der Waals surface area contributed by atoms with Gasteiger partial charge in [-0.3, -0.25) is 4.98 Å². The van der Waals surface area contributed by atoms with Crippen molar-refractivity contribution in [2.45, 2.75) is 45.1 Å². The Hall–Kier alpha value is -0.410. The molecule has 1 aromatic heterocycles. The van der Waals surface area contributed by atoms with Gasteiger partial charge in [0.2, 0.25) is 0 Å². The van der Waals surface area contributed by atoms with E-state index in [1.807, 2.05) is 12.4 Å². The highest BCUT2D eigenvalue weighted by molar-refractivity contribution is 9.10. The summed E-state index contributed by atoms with van der Waals surface area (Å²) < 4.78 is 1.09. The minimum absolute atomic E-state index is 0.408. The zero-order valence-electron chi connectivity index (χ0n) is 11.0. The van der Waals surface area contributed by atoms with Gasteiger partial charge in [-0.1, -0.05) is 6.92 Å². The molecule has 0 aromatic carbocycles. The maximum atomic E-state index is 4.29. The van der Waals surface area contributed by atoms with Crippen LogP contribution in [0.5, 0.6) is 0 Å². The second-order valence-electron chi connectivity index (χ2n) is 6.27. The van der Waals surface area contributed by atoms with E-state index in [0.717, 1.165) is 29.4 Å². The Morgan fingerprint density at radius 2 is 2.11 bits per heavy atom. The Balaban J connectivity index is 1.68. The van der Waals surface area contributed by atoms with Gasteiger partial charge in [-0.05, 0) is 71.0 Å². The smallest absolute Gasteiger partial charge is 0.0410 e. The summed E-state index contributed by atoms with van der Waals surface area (Å²) in [6.45, 7) is 3.61. The van der Waals surface area contributed by atoms with Crippen LogP contribution in [-0.2, 0) is 6.42 Å². The highest BCUT2D eigenvalue weighted by Crippen LogP contribution is 2.47. The molecule has 1 atom stereocenters. The van der Waals surface area contributed by atoms with Crippen LogP contribution < -0.4 is 5.32 Å². The first-order chi connectivity index (χ1) is 8.66. The van der Waals surface area contributed by atoms with E-state index < -0.39 is 0 Å². The molecule has 18 heavy (non-hydrogen) atoms. The molecular weight excluding hydrogens is 288 g/mol. The predicted octanol–water partition coefficient (Wildman–Crippen LogP) is 3.55. The molecule has 2 nitrogen and oxygen atoms in total. The van der Waals surface area contributed by atoms with Gasteiger partial charge in [0.05, 0.1) is 0 Å². The Labute approximate surface area is 118 Å². The van der Waals surface area contributed by atoms with Crippen molar-refractivity contribution in [3.05, 3.63) is 28.5 Å². The lowest BCUT2D eigenvalue weighted by molar-refractivity contribution is 0.254. The van der Waals surface area contributed by atoms with Gasteiger partial charge in [-0.25, -0.2) is 0 Å². The Kier molecular flexibility index (Phi) is 3.46. The minimum Gasteiger partial charge on any atom is -0.313 e. The normalized spacial score (nSPS) is 22.8. The van der Waals surface area contributed by atoms with Crippen LogP contribution in [0.1, 0.15) is 38.2 Å². The zero-order valence-corrected chi connectivity index (χ0v) is 12.5.